The maximum atomic E-state index is 14.0. The summed E-state index contributed by atoms with van der Waals surface area (Å²) in [6, 6.07) is 9.96. The summed E-state index contributed by atoms with van der Waals surface area (Å²) in [4.78, 5) is 19.1. The van der Waals surface area contributed by atoms with Crippen molar-refractivity contribution >= 4 is 28.1 Å². The number of rotatable bonds is 3. The fraction of sp³-hybridized carbons (Fsp3) is 0.261. The predicted molar refractivity (Wildman–Crippen MR) is 111 cm³/mol. The van der Waals surface area contributed by atoms with Crippen LogP contribution in [0.5, 0.6) is 0 Å². The van der Waals surface area contributed by atoms with Crippen molar-refractivity contribution < 1.29 is 13.6 Å². The van der Waals surface area contributed by atoms with Crippen LogP contribution < -0.4 is 4.90 Å². The van der Waals surface area contributed by atoms with Crippen LogP contribution in [0.25, 0.3) is 16.6 Å². The molecule has 2 aromatic heterocycles. The zero-order valence-corrected chi connectivity index (χ0v) is 16.7. The number of carbonyl (C=O) groups excluding carboxylic acids is 1. The average Bonchev–Trinajstić information content (AvgIpc) is 3.30. The van der Waals surface area contributed by atoms with Crippen molar-refractivity contribution in [2.24, 2.45) is 0 Å². The second kappa shape index (κ2) is 6.86. The van der Waals surface area contributed by atoms with Crippen LogP contribution in [0.1, 0.15) is 28.9 Å². The Balaban J connectivity index is 1.44. The molecule has 1 aliphatic rings. The van der Waals surface area contributed by atoms with E-state index in [4.69, 9.17) is 4.98 Å². The first-order valence-corrected chi connectivity index (χ1v) is 9.96. The number of amides is 1. The van der Waals surface area contributed by atoms with Gasteiger partial charge in [0.15, 0.2) is 5.65 Å². The summed E-state index contributed by atoms with van der Waals surface area (Å²) in [6.07, 6.45) is 1.12. The van der Waals surface area contributed by atoms with E-state index >= 15 is 0 Å². The molecule has 30 heavy (non-hydrogen) atoms. The molecule has 0 saturated heterocycles. The van der Waals surface area contributed by atoms with Gasteiger partial charge in [0.05, 0.1) is 11.2 Å². The number of aryl methyl sites for hydroxylation is 2. The van der Waals surface area contributed by atoms with E-state index in [0.29, 0.717) is 30.6 Å². The number of fused-ring (bicyclic) bond motifs is 4. The van der Waals surface area contributed by atoms with Gasteiger partial charge in [-0.15, -0.1) is 0 Å². The van der Waals surface area contributed by atoms with Crippen LogP contribution in [0.3, 0.4) is 0 Å². The molecule has 0 radical (unpaired) electrons. The van der Waals surface area contributed by atoms with Crippen molar-refractivity contribution in [1.29, 1.82) is 0 Å². The van der Waals surface area contributed by atoms with Crippen LogP contribution in [0.15, 0.2) is 36.4 Å². The summed E-state index contributed by atoms with van der Waals surface area (Å²) < 4.78 is 29.5. The molecule has 0 spiro atoms. The number of benzene rings is 2. The third-order valence-corrected chi connectivity index (χ3v) is 5.92. The molecular formula is C23H20F2N4O. The van der Waals surface area contributed by atoms with Crippen molar-refractivity contribution in [3.63, 3.8) is 0 Å². The summed E-state index contributed by atoms with van der Waals surface area (Å²) in [6.45, 7) is 4.28. The molecule has 1 aliphatic heterocycles. The van der Waals surface area contributed by atoms with Crippen LogP contribution in [-0.4, -0.2) is 27.0 Å². The molecule has 0 N–H and O–H groups in total. The van der Waals surface area contributed by atoms with Gasteiger partial charge >= 0.3 is 0 Å². The molecule has 0 atom stereocenters. The molecule has 0 saturated carbocycles. The molecule has 7 heteroatoms. The van der Waals surface area contributed by atoms with Gasteiger partial charge in [0.2, 0.25) is 5.91 Å². The Morgan fingerprint density at radius 2 is 1.97 bits per heavy atom. The highest BCUT2D eigenvalue weighted by molar-refractivity contribution is 5.96. The van der Waals surface area contributed by atoms with Gasteiger partial charge in [-0.1, -0.05) is 12.1 Å². The number of aromatic nitrogens is 3. The minimum atomic E-state index is -0.668. The van der Waals surface area contributed by atoms with E-state index in [2.05, 4.69) is 5.10 Å². The van der Waals surface area contributed by atoms with E-state index in [1.165, 1.54) is 11.0 Å². The molecule has 0 fully saturated rings. The lowest BCUT2D eigenvalue weighted by Gasteiger charge is -2.18. The Morgan fingerprint density at radius 1 is 1.17 bits per heavy atom. The largest absolute Gasteiger partial charge is 0.312 e. The van der Waals surface area contributed by atoms with E-state index in [0.717, 1.165) is 39.6 Å². The van der Waals surface area contributed by atoms with E-state index in [9.17, 15) is 13.6 Å². The van der Waals surface area contributed by atoms with Crippen molar-refractivity contribution in [2.45, 2.75) is 33.1 Å². The SMILES string of the molecule is Cc1nc2c3ccccc3nn2c(C)c1CCC(=O)N1CCc2c(F)cc(F)cc21. The average molecular weight is 406 g/mol. The van der Waals surface area contributed by atoms with Gasteiger partial charge in [0.1, 0.15) is 11.6 Å². The first-order chi connectivity index (χ1) is 14.4. The molecule has 0 bridgehead atoms. The van der Waals surface area contributed by atoms with Gasteiger partial charge in [0, 0.05) is 41.4 Å². The quantitative estimate of drug-likeness (QED) is 0.510. The van der Waals surface area contributed by atoms with Crippen LogP contribution in [0.2, 0.25) is 0 Å². The number of anilines is 1. The van der Waals surface area contributed by atoms with Crippen molar-refractivity contribution in [3.8, 4) is 0 Å². The Labute approximate surface area is 171 Å². The topological polar surface area (TPSA) is 50.5 Å². The molecule has 5 nitrogen and oxygen atoms in total. The molecule has 3 heterocycles. The second-order valence-electron chi connectivity index (χ2n) is 7.69. The molecular weight excluding hydrogens is 386 g/mol. The van der Waals surface area contributed by atoms with Gasteiger partial charge in [-0.25, -0.2) is 18.3 Å². The van der Waals surface area contributed by atoms with E-state index in [1.807, 2.05) is 42.6 Å². The van der Waals surface area contributed by atoms with E-state index in [-0.39, 0.29) is 12.3 Å². The van der Waals surface area contributed by atoms with E-state index < -0.39 is 11.6 Å². The molecule has 2 aromatic carbocycles. The number of hydrogen-bond donors (Lipinski definition) is 0. The number of hydrogen-bond acceptors (Lipinski definition) is 3. The molecule has 0 aliphatic carbocycles. The van der Waals surface area contributed by atoms with Gasteiger partial charge in [-0.05, 0) is 50.5 Å². The monoisotopic (exact) mass is 406 g/mol. The first kappa shape index (κ1) is 18.7. The maximum absolute atomic E-state index is 14.0. The molecule has 4 aromatic rings. The normalized spacial score (nSPS) is 13.4. The number of carbonyl (C=O) groups is 1. The lowest BCUT2D eigenvalue weighted by Crippen LogP contribution is -2.29. The Hall–Kier alpha value is -3.35. The highest BCUT2D eigenvalue weighted by Crippen LogP contribution is 2.32. The van der Waals surface area contributed by atoms with Gasteiger partial charge in [-0.3, -0.25) is 4.79 Å². The molecule has 152 valence electrons. The highest BCUT2D eigenvalue weighted by Gasteiger charge is 2.28. The summed E-state index contributed by atoms with van der Waals surface area (Å²) >= 11 is 0. The smallest absolute Gasteiger partial charge is 0.227 e. The van der Waals surface area contributed by atoms with Crippen molar-refractivity contribution in [2.75, 3.05) is 11.4 Å². The molecule has 0 unspecified atom stereocenters. The third-order valence-electron chi connectivity index (χ3n) is 5.92. The zero-order chi connectivity index (χ0) is 21.0. The second-order valence-corrected chi connectivity index (χ2v) is 7.69. The van der Waals surface area contributed by atoms with Gasteiger partial charge < -0.3 is 4.90 Å². The third kappa shape index (κ3) is 2.84. The van der Waals surface area contributed by atoms with Crippen LogP contribution in [0, 0.1) is 25.5 Å². The molecule has 5 rings (SSSR count). The van der Waals surface area contributed by atoms with E-state index in [1.54, 1.807) is 0 Å². The summed E-state index contributed by atoms with van der Waals surface area (Å²) in [7, 11) is 0. The Morgan fingerprint density at radius 3 is 2.80 bits per heavy atom. The number of nitrogens with zero attached hydrogens (tertiary/aromatic N) is 4. The fourth-order valence-corrected chi connectivity index (χ4v) is 4.39. The van der Waals surface area contributed by atoms with Gasteiger partial charge in [-0.2, -0.15) is 5.10 Å². The predicted octanol–water partition coefficient (Wildman–Crippen LogP) is 4.30. The molecule has 1 amide bonds. The van der Waals surface area contributed by atoms with Crippen LogP contribution >= 0.6 is 0 Å². The summed E-state index contributed by atoms with van der Waals surface area (Å²) in [5.41, 5.74) is 5.20. The minimum Gasteiger partial charge on any atom is -0.312 e. The lowest BCUT2D eigenvalue weighted by molar-refractivity contribution is -0.118. The minimum absolute atomic E-state index is 0.150. The fourth-order valence-electron chi connectivity index (χ4n) is 4.39. The van der Waals surface area contributed by atoms with Gasteiger partial charge in [0.25, 0.3) is 0 Å². The van der Waals surface area contributed by atoms with Crippen molar-refractivity contribution in [3.05, 3.63) is 70.5 Å². The standard InChI is InChI=1S/C23H20F2N4O/c1-13-16(14(2)29-23(26-13)18-5-3-4-6-20(18)27-29)7-8-22(30)28-10-9-17-19(25)11-15(24)12-21(17)28/h3-6,11-12H,7-10H2,1-2H3. The maximum Gasteiger partial charge on any atom is 0.227 e. The first-order valence-electron chi connectivity index (χ1n) is 9.96. The number of halogens is 2. The zero-order valence-electron chi connectivity index (χ0n) is 16.7. The summed E-state index contributed by atoms with van der Waals surface area (Å²) in [5, 5.41) is 5.64. The van der Waals surface area contributed by atoms with Crippen LogP contribution in [-0.2, 0) is 17.6 Å². The Bertz CT molecular complexity index is 1330. The lowest BCUT2D eigenvalue weighted by atomic mass is 10.1. The highest BCUT2D eigenvalue weighted by atomic mass is 19.1. The Kier molecular flexibility index (Phi) is 4.27. The summed E-state index contributed by atoms with van der Waals surface area (Å²) in [5.74, 6) is -1.41. The van der Waals surface area contributed by atoms with Crippen molar-refractivity contribution in [1.82, 2.24) is 14.6 Å². The van der Waals surface area contributed by atoms with Crippen LogP contribution in [0.4, 0.5) is 14.5 Å².